The Labute approximate surface area is 160 Å². The van der Waals surface area contributed by atoms with Gasteiger partial charge in [0.15, 0.2) is 0 Å². The van der Waals surface area contributed by atoms with Gasteiger partial charge in [0, 0.05) is 45.3 Å². The summed E-state index contributed by atoms with van der Waals surface area (Å²) >= 11 is 0. The fourth-order valence-corrected chi connectivity index (χ4v) is 3.55. The van der Waals surface area contributed by atoms with E-state index < -0.39 is 0 Å². The van der Waals surface area contributed by atoms with E-state index in [0.29, 0.717) is 25.7 Å². The van der Waals surface area contributed by atoms with Crippen LogP contribution in [0.15, 0.2) is 52.2 Å². The molecule has 3 aliphatic rings. The predicted molar refractivity (Wildman–Crippen MR) is 107 cm³/mol. The van der Waals surface area contributed by atoms with Crippen LogP contribution < -0.4 is 5.32 Å². The Balaban J connectivity index is 1.29. The van der Waals surface area contributed by atoms with Crippen LogP contribution in [0.1, 0.15) is 18.9 Å². The van der Waals surface area contributed by atoms with E-state index in [0.717, 1.165) is 43.3 Å². The van der Waals surface area contributed by atoms with Crippen molar-refractivity contribution in [2.24, 2.45) is 9.98 Å². The van der Waals surface area contributed by atoms with Crippen molar-refractivity contribution in [3.05, 3.63) is 47.8 Å². The minimum atomic E-state index is -0.00300. The zero-order valence-corrected chi connectivity index (χ0v) is 15.7. The first-order chi connectivity index (χ1) is 13.2. The largest absolute Gasteiger partial charge is 0.353 e. The van der Waals surface area contributed by atoms with Crippen LogP contribution in [0.5, 0.6) is 0 Å². The number of rotatable bonds is 4. The molecule has 1 aromatic carbocycles. The zero-order valence-electron chi connectivity index (χ0n) is 15.7. The van der Waals surface area contributed by atoms with E-state index in [-0.39, 0.29) is 6.03 Å². The van der Waals surface area contributed by atoms with Gasteiger partial charge in [-0.05, 0) is 12.0 Å². The van der Waals surface area contributed by atoms with Crippen LogP contribution in [0.3, 0.4) is 0 Å². The van der Waals surface area contributed by atoms with E-state index in [4.69, 9.17) is 4.99 Å². The summed E-state index contributed by atoms with van der Waals surface area (Å²) in [5.41, 5.74) is 1.11. The SMILES string of the molecule is CCC1CN2C=NC(N3CCN(C(=O)NCc4ccccc4)CC3)=CC2=N1. The van der Waals surface area contributed by atoms with E-state index in [1.807, 2.05) is 41.6 Å². The minimum Gasteiger partial charge on any atom is -0.353 e. The van der Waals surface area contributed by atoms with Gasteiger partial charge in [0.1, 0.15) is 11.7 Å². The molecular formula is C20H26N6O. The van der Waals surface area contributed by atoms with Gasteiger partial charge in [0.25, 0.3) is 0 Å². The van der Waals surface area contributed by atoms with E-state index in [1.165, 1.54) is 0 Å². The van der Waals surface area contributed by atoms with E-state index in [9.17, 15) is 4.79 Å². The Hall–Kier alpha value is -2.83. The number of amidine groups is 1. The van der Waals surface area contributed by atoms with Crippen LogP contribution >= 0.6 is 0 Å². The Morgan fingerprint density at radius 2 is 1.96 bits per heavy atom. The van der Waals surface area contributed by atoms with Crippen molar-refractivity contribution < 1.29 is 4.79 Å². The number of fused-ring (bicyclic) bond motifs is 1. The number of aliphatic imine (C=N–C) groups is 2. The molecule has 1 N–H and O–H groups in total. The first-order valence-corrected chi connectivity index (χ1v) is 9.65. The van der Waals surface area contributed by atoms with Crippen molar-refractivity contribution in [3.63, 3.8) is 0 Å². The molecule has 7 heteroatoms. The molecule has 3 aliphatic heterocycles. The molecule has 0 aliphatic carbocycles. The number of nitrogens with zero attached hydrogens (tertiary/aromatic N) is 5. The first-order valence-electron chi connectivity index (χ1n) is 9.65. The van der Waals surface area contributed by atoms with Gasteiger partial charge in [-0.3, -0.25) is 4.99 Å². The van der Waals surface area contributed by atoms with Crippen LogP contribution in [0.2, 0.25) is 0 Å². The molecule has 142 valence electrons. The summed E-state index contributed by atoms with van der Waals surface area (Å²) in [5, 5.41) is 3.00. The van der Waals surface area contributed by atoms with Crippen LogP contribution in [-0.2, 0) is 6.54 Å². The highest BCUT2D eigenvalue weighted by atomic mass is 16.2. The number of hydrogen-bond acceptors (Lipinski definition) is 5. The van der Waals surface area contributed by atoms with Crippen LogP contribution in [0, 0.1) is 0 Å². The maximum atomic E-state index is 12.4. The predicted octanol–water partition coefficient (Wildman–Crippen LogP) is 1.89. The third-order valence-electron chi connectivity index (χ3n) is 5.25. The van der Waals surface area contributed by atoms with E-state index in [1.54, 1.807) is 0 Å². The van der Waals surface area contributed by atoms with Crippen molar-refractivity contribution in [1.29, 1.82) is 0 Å². The molecule has 1 saturated heterocycles. The van der Waals surface area contributed by atoms with Crippen LogP contribution in [0.4, 0.5) is 4.79 Å². The van der Waals surface area contributed by atoms with Gasteiger partial charge >= 0.3 is 6.03 Å². The quantitative estimate of drug-likeness (QED) is 0.885. The van der Waals surface area contributed by atoms with Crippen LogP contribution in [-0.4, -0.2) is 71.7 Å². The molecule has 0 spiro atoms. The maximum absolute atomic E-state index is 12.4. The molecule has 0 saturated carbocycles. The standard InChI is InChI=1S/C20H26N6O/c1-2-17-14-26-15-22-18(12-19(26)23-17)24-8-10-25(11-9-24)20(27)21-13-16-6-4-3-5-7-16/h3-7,12,15,17H,2,8-11,13-14H2,1H3,(H,21,27). The normalized spacial score (nSPS) is 21.7. The van der Waals surface area contributed by atoms with Crippen molar-refractivity contribution >= 4 is 18.2 Å². The molecule has 4 rings (SSSR count). The fraction of sp³-hybridized carbons (Fsp3) is 0.450. The van der Waals surface area contributed by atoms with Crippen molar-refractivity contribution in [1.82, 2.24) is 20.0 Å². The number of urea groups is 1. The maximum Gasteiger partial charge on any atom is 0.317 e. The van der Waals surface area contributed by atoms with Gasteiger partial charge in [-0.2, -0.15) is 0 Å². The number of carbonyl (C=O) groups excluding carboxylic acids is 1. The number of amides is 2. The highest BCUT2D eigenvalue weighted by Gasteiger charge is 2.27. The fourth-order valence-electron chi connectivity index (χ4n) is 3.55. The highest BCUT2D eigenvalue weighted by Crippen LogP contribution is 2.19. The second kappa shape index (κ2) is 7.82. The van der Waals surface area contributed by atoms with Gasteiger partial charge in [-0.1, -0.05) is 37.3 Å². The second-order valence-electron chi connectivity index (χ2n) is 7.07. The second-order valence-corrected chi connectivity index (χ2v) is 7.07. The smallest absolute Gasteiger partial charge is 0.317 e. The van der Waals surface area contributed by atoms with E-state index in [2.05, 4.69) is 33.1 Å². The molecule has 0 bridgehead atoms. The molecule has 3 heterocycles. The number of nitrogens with one attached hydrogen (secondary N) is 1. The van der Waals surface area contributed by atoms with Crippen LogP contribution in [0.25, 0.3) is 0 Å². The highest BCUT2D eigenvalue weighted by molar-refractivity contribution is 6.03. The molecule has 2 amide bonds. The Bertz CT molecular complexity index is 764. The molecule has 1 unspecified atom stereocenters. The lowest BCUT2D eigenvalue weighted by Crippen LogP contribution is -2.51. The summed E-state index contributed by atoms with van der Waals surface area (Å²) in [5.74, 6) is 1.96. The Morgan fingerprint density at radius 1 is 1.19 bits per heavy atom. The van der Waals surface area contributed by atoms with Gasteiger partial charge < -0.3 is 20.0 Å². The Morgan fingerprint density at radius 3 is 2.70 bits per heavy atom. The molecule has 7 nitrogen and oxygen atoms in total. The number of benzene rings is 1. The molecule has 27 heavy (non-hydrogen) atoms. The number of carbonyl (C=O) groups is 1. The molecule has 0 aromatic heterocycles. The first kappa shape index (κ1) is 17.6. The molecule has 0 radical (unpaired) electrons. The number of piperazine rings is 1. The van der Waals surface area contributed by atoms with Gasteiger partial charge in [0.05, 0.1) is 12.4 Å². The van der Waals surface area contributed by atoms with Crippen molar-refractivity contribution in [2.75, 3.05) is 32.7 Å². The van der Waals surface area contributed by atoms with Crippen molar-refractivity contribution in [2.45, 2.75) is 25.9 Å². The third-order valence-corrected chi connectivity index (χ3v) is 5.25. The summed E-state index contributed by atoms with van der Waals surface area (Å²) in [6.45, 7) is 6.61. The Kier molecular flexibility index (Phi) is 5.09. The summed E-state index contributed by atoms with van der Waals surface area (Å²) in [6, 6.07) is 10.3. The summed E-state index contributed by atoms with van der Waals surface area (Å²) in [4.78, 5) is 28.0. The van der Waals surface area contributed by atoms with Gasteiger partial charge in [-0.15, -0.1) is 0 Å². The third kappa shape index (κ3) is 3.97. The van der Waals surface area contributed by atoms with Gasteiger partial charge in [0.2, 0.25) is 0 Å². The topological polar surface area (TPSA) is 63.5 Å². The summed E-state index contributed by atoms with van der Waals surface area (Å²) in [7, 11) is 0. The molecular weight excluding hydrogens is 340 g/mol. The zero-order chi connectivity index (χ0) is 18.6. The lowest BCUT2D eigenvalue weighted by molar-refractivity contribution is 0.156. The lowest BCUT2D eigenvalue weighted by Gasteiger charge is -2.36. The summed E-state index contributed by atoms with van der Waals surface area (Å²) < 4.78 is 0. The average molecular weight is 366 g/mol. The summed E-state index contributed by atoms with van der Waals surface area (Å²) in [6.07, 6.45) is 5.01. The minimum absolute atomic E-state index is 0.00300. The van der Waals surface area contributed by atoms with Crippen molar-refractivity contribution in [3.8, 4) is 0 Å². The lowest BCUT2D eigenvalue weighted by atomic mass is 10.2. The van der Waals surface area contributed by atoms with E-state index >= 15 is 0 Å². The average Bonchev–Trinajstić information content (AvgIpc) is 3.15. The van der Waals surface area contributed by atoms with Gasteiger partial charge in [-0.25, -0.2) is 9.79 Å². The monoisotopic (exact) mass is 366 g/mol. The molecule has 1 atom stereocenters. The number of hydrogen-bond donors (Lipinski definition) is 1. The molecule has 1 aromatic rings. The molecule has 1 fully saturated rings.